The average Bonchev–Trinajstić information content (AvgIpc) is 2.93. The fourth-order valence-corrected chi connectivity index (χ4v) is 3.67. The topological polar surface area (TPSA) is 40.5 Å². The molecule has 3 nitrogen and oxygen atoms in total. The van der Waals surface area contributed by atoms with Gasteiger partial charge in [-0.1, -0.05) is 18.5 Å². The molecule has 2 heterocycles. The van der Waals surface area contributed by atoms with E-state index in [1.807, 2.05) is 6.92 Å². The van der Waals surface area contributed by atoms with E-state index in [-0.39, 0.29) is 24.5 Å². The van der Waals surface area contributed by atoms with Gasteiger partial charge in [-0.25, -0.2) is 0 Å². The van der Waals surface area contributed by atoms with Crippen LogP contribution in [0.25, 0.3) is 0 Å². The first-order valence-electron chi connectivity index (χ1n) is 6.20. The first-order chi connectivity index (χ1) is 8.54. The Bertz CT molecular complexity index is 434. The Hall–Kier alpha value is -0.420. The van der Waals surface area contributed by atoms with E-state index in [1.165, 1.54) is 11.3 Å². The van der Waals surface area contributed by atoms with Gasteiger partial charge in [0, 0.05) is 6.04 Å². The molecule has 18 heavy (non-hydrogen) atoms. The van der Waals surface area contributed by atoms with E-state index in [2.05, 4.69) is 11.8 Å². The number of aliphatic hydroxyl groups excluding tert-OH is 1. The molecule has 0 spiro atoms. The highest BCUT2D eigenvalue weighted by Crippen LogP contribution is 2.29. The lowest BCUT2D eigenvalue weighted by Gasteiger charge is -2.29. The minimum Gasteiger partial charge on any atom is -0.395 e. The van der Waals surface area contributed by atoms with Crippen LogP contribution in [0.5, 0.6) is 0 Å². The second kappa shape index (κ2) is 5.70. The van der Waals surface area contributed by atoms with Crippen molar-refractivity contribution < 1.29 is 9.90 Å². The van der Waals surface area contributed by atoms with Crippen molar-refractivity contribution in [1.82, 2.24) is 4.90 Å². The van der Waals surface area contributed by atoms with E-state index in [9.17, 15) is 9.90 Å². The van der Waals surface area contributed by atoms with Gasteiger partial charge in [-0.2, -0.15) is 0 Å². The highest BCUT2D eigenvalue weighted by molar-refractivity contribution is 7.18. The van der Waals surface area contributed by atoms with Crippen molar-refractivity contribution in [2.24, 2.45) is 5.92 Å². The summed E-state index contributed by atoms with van der Waals surface area (Å²) in [4.78, 5) is 15.2. The number of hydrogen-bond donors (Lipinski definition) is 1. The normalized spacial score (nSPS) is 26.4. The smallest absolute Gasteiger partial charge is 0.189 e. The van der Waals surface area contributed by atoms with Crippen LogP contribution in [0, 0.1) is 5.92 Å². The van der Waals surface area contributed by atoms with Gasteiger partial charge in [0.15, 0.2) is 5.78 Å². The Morgan fingerprint density at radius 1 is 1.67 bits per heavy atom. The summed E-state index contributed by atoms with van der Waals surface area (Å²) in [6.07, 6.45) is 1.04. The molecule has 3 atom stereocenters. The van der Waals surface area contributed by atoms with Crippen LogP contribution >= 0.6 is 22.9 Å². The van der Waals surface area contributed by atoms with Gasteiger partial charge >= 0.3 is 0 Å². The van der Waals surface area contributed by atoms with Gasteiger partial charge in [-0.3, -0.25) is 9.69 Å². The first kappa shape index (κ1) is 14.0. The zero-order valence-electron chi connectivity index (χ0n) is 10.6. The summed E-state index contributed by atoms with van der Waals surface area (Å²) in [6, 6.07) is 3.43. The van der Waals surface area contributed by atoms with Crippen LogP contribution in [0.2, 0.25) is 4.34 Å². The minimum absolute atomic E-state index is 0.0967. The largest absolute Gasteiger partial charge is 0.395 e. The predicted molar refractivity (Wildman–Crippen MR) is 74.5 cm³/mol. The number of thiophene rings is 1. The number of aliphatic hydroxyl groups is 1. The molecule has 5 heteroatoms. The summed E-state index contributed by atoms with van der Waals surface area (Å²) < 4.78 is 0.638. The second-order valence-electron chi connectivity index (χ2n) is 4.90. The summed E-state index contributed by atoms with van der Waals surface area (Å²) in [5.41, 5.74) is 0. The molecule has 0 aromatic carbocycles. The van der Waals surface area contributed by atoms with E-state index in [0.717, 1.165) is 13.0 Å². The Balaban J connectivity index is 2.11. The lowest BCUT2D eigenvalue weighted by Crippen LogP contribution is -2.45. The van der Waals surface area contributed by atoms with E-state index in [1.54, 1.807) is 12.1 Å². The van der Waals surface area contributed by atoms with Crippen LogP contribution in [0.3, 0.4) is 0 Å². The number of hydrogen-bond acceptors (Lipinski definition) is 4. The third-order valence-corrected chi connectivity index (χ3v) is 5.05. The summed E-state index contributed by atoms with van der Waals surface area (Å²) >= 11 is 7.18. The monoisotopic (exact) mass is 287 g/mol. The number of halogens is 1. The molecule has 1 aromatic rings. The molecule has 1 saturated heterocycles. The van der Waals surface area contributed by atoms with Gasteiger partial charge in [0.1, 0.15) is 0 Å². The molecule has 2 rings (SSSR count). The fourth-order valence-electron chi connectivity index (χ4n) is 2.61. The zero-order valence-corrected chi connectivity index (χ0v) is 12.2. The predicted octanol–water partition coefficient (Wildman–Crippen LogP) is 2.68. The molecule has 0 radical (unpaired) electrons. The minimum atomic E-state index is -0.193. The van der Waals surface area contributed by atoms with Crippen molar-refractivity contribution in [3.05, 3.63) is 21.3 Å². The standard InChI is InChI=1S/C13H18ClNO2S/c1-8-5-6-15(10(8)7-16)9(2)13(17)11-3-4-12(14)18-11/h3-4,8-10,16H,5-7H2,1-2H3. The van der Waals surface area contributed by atoms with Crippen LogP contribution < -0.4 is 0 Å². The maximum Gasteiger partial charge on any atom is 0.189 e. The van der Waals surface area contributed by atoms with Crippen molar-refractivity contribution in [1.29, 1.82) is 0 Å². The number of nitrogens with zero attached hydrogens (tertiary/aromatic N) is 1. The molecule has 0 amide bonds. The Morgan fingerprint density at radius 2 is 2.39 bits per heavy atom. The van der Waals surface area contributed by atoms with Gasteiger partial charge in [0.25, 0.3) is 0 Å². The number of likely N-dealkylation sites (tertiary alicyclic amines) is 1. The van der Waals surface area contributed by atoms with Gasteiger partial charge in [0.2, 0.25) is 0 Å². The Morgan fingerprint density at radius 3 is 2.94 bits per heavy atom. The quantitative estimate of drug-likeness (QED) is 0.866. The third kappa shape index (κ3) is 2.62. The molecule has 1 N–H and O–H groups in total. The van der Waals surface area contributed by atoms with Gasteiger partial charge in [0.05, 0.1) is 21.9 Å². The molecule has 0 saturated carbocycles. The van der Waals surface area contributed by atoms with Crippen LogP contribution in [0.4, 0.5) is 0 Å². The summed E-state index contributed by atoms with van der Waals surface area (Å²) in [6.45, 7) is 5.03. The number of rotatable bonds is 4. The maximum atomic E-state index is 12.3. The Labute approximate surface area is 116 Å². The molecule has 3 unspecified atom stereocenters. The lowest BCUT2D eigenvalue weighted by atomic mass is 10.0. The van der Waals surface area contributed by atoms with Crippen molar-refractivity contribution in [3.8, 4) is 0 Å². The summed E-state index contributed by atoms with van der Waals surface area (Å²) in [5, 5.41) is 9.44. The number of ketones is 1. The average molecular weight is 288 g/mol. The van der Waals surface area contributed by atoms with E-state index < -0.39 is 0 Å². The van der Waals surface area contributed by atoms with Crippen molar-refractivity contribution in [2.75, 3.05) is 13.2 Å². The molecular formula is C13H18ClNO2S. The van der Waals surface area contributed by atoms with Crippen LogP contribution in [-0.4, -0.2) is 41.0 Å². The van der Waals surface area contributed by atoms with Crippen molar-refractivity contribution >= 4 is 28.7 Å². The van der Waals surface area contributed by atoms with E-state index >= 15 is 0 Å². The molecular weight excluding hydrogens is 270 g/mol. The van der Waals surface area contributed by atoms with E-state index in [0.29, 0.717) is 15.1 Å². The molecule has 1 aromatic heterocycles. The zero-order chi connectivity index (χ0) is 13.3. The molecule has 0 aliphatic carbocycles. The highest BCUT2D eigenvalue weighted by atomic mass is 35.5. The van der Waals surface area contributed by atoms with Gasteiger partial charge in [-0.15, -0.1) is 11.3 Å². The van der Waals surface area contributed by atoms with Gasteiger partial charge in [-0.05, 0) is 37.9 Å². The number of carbonyl (C=O) groups excluding carboxylic acids is 1. The SMILES string of the molecule is CC1CCN(C(C)C(=O)c2ccc(Cl)s2)C1CO. The highest BCUT2D eigenvalue weighted by Gasteiger charge is 2.36. The van der Waals surface area contributed by atoms with Crippen LogP contribution in [0.15, 0.2) is 12.1 Å². The lowest BCUT2D eigenvalue weighted by molar-refractivity contribution is 0.0724. The third-order valence-electron chi connectivity index (χ3n) is 3.81. The van der Waals surface area contributed by atoms with Crippen LogP contribution in [0.1, 0.15) is 29.9 Å². The number of carbonyl (C=O) groups is 1. The molecule has 1 aliphatic rings. The molecule has 100 valence electrons. The molecule has 0 bridgehead atoms. The fraction of sp³-hybridized carbons (Fsp3) is 0.615. The Kier molecular flexibility index (Phi) is 4.43. The number of Topliss-reactive ketones (excluding diaryl/α,β-unsaturated/α-hetero) is 1. The maximum absolute atomic E-state index is 12.3. The second-order valence-corrected chi connectivity index (χ2v) is 6.61. The van der Waals surface area contributed by atoms with Crippen LogP contribution in [-0.2, 0) is 0 Å². The molecule has 1 aliphatic heterocycles. The van der Waals surface area contributed by atoms with Crippen molar-refractivity contribution in [3.63, 3.8) is 0 Å². The van der Waals surface area contributed by atoms with Gasteiger partial charge < -0.3 is 5.11 Å². The van der Waals surface area contributed by atoms with Crippen molar-refractivity contribution in [2.45, 2.75) is 32.4 Å². The van der Waals surface area contributed by atoms with E-state index in [4.69, 9.17) is 11.6 Å². The summed E-state index contributed by atoms with van der Waals surface area (Å²) in [5.74, 6) is 0.539. The first-order valence-corrected chi connectivity index (χ1v) is 7.40. The molecule has 1 fully saturated rings. The summed E-state index contributed by atoms with van der Waals surface area (Å²) in [7, 11) is 0.